The monoisotopic (exact) mass is 657 g/mol. The number of fused-ring (bicyclic) bond motifs is 2. The largest absolute Gasteiger partial charge is 0.310 e. The number of hydrogen-bond acceptors (Lipinski definition) is 1. The maximum Gasteiger partial charge on any atom is 0.0651 e. The van der Waals surface area contributed by atoms with Crippen LogP contribution in [-0.2, 0) is 0 Å². The molecule has 240 valence electrons. The quantitative estimate of drug-likeness (QED) is 0.165. The van der Waals surface area contributed by atoms with E-state index in [1.54, 1.807) is 24.3 Å². The van der Waals surface area contributed by atoms with Crippen LogP contribution < -0.4 is 4.90 Å². The van der Waals surface area contributed by atoms with E-state index in [9.17, 15) is 8.22 Å². The Bertz CT molecular complexity index is 3060. The van der Waals surface area contributed by atoms with Crippen molar-refractivity contribution in [3.63, 3.8) is 0 Å². The maximum absolute atomic E-state index is 9.70. The van der Waals surface area contributed by atoms with Crippen molar-refractivity contribution >= 4 is 38.6 Å². The number of benzene rings is 9. The fraction of sp³-hybridized carbons (Fsp3) is 0. The van der Waals surface area contributed by atoms with Crippen LogP contribution in [0.25, 0.3) is 66.1 Å². The summed E-state index contributed by atoms with van der Waals surface area (Å²) in [5.41, 5.74) is 4.94. The molecule has 1 nitrogen and oxygen atoms in total. The fourth-order valence-electron chi connectivity index (χ4n) is 6.52. The zero-order valence-corrected chi connectivity index (χ0v) is 27.5. The molecule has 0 unspecified atom stereocenters. The van der Waals surface area contributed by atoms with Gasteiger partial charge >= 0.3 is 0 Å². The van der Waals surface area contributed by atoms with Gasteiger partial charge in [0, 0.05) is 17.1 Å². The van der Waals surface area contributed by atoms with E-state index in [-0.39, 0.29) is 58.8 Å². The van der Waals surface area contributed by atoms with Gasteiger partial charge in [0.25, 0.3) is 0 Å². The van der Waals surface area contributed by atoms with Crippen LogP contribution in [0.2, 0.25) is 0 Å². The van der Waals surface area contributed by atoms with Crippen molar-refractivity contribution in [3.05, 3.63) is 212 Å². The van der Waals surface area contributed by atoms with Crippen LogP contribution in [-0.4, -0.2) is 0 Å². The lowest BCUT2D eigenvalue weighted by Gasteiger charge is -2.26. The predicted octanol–water partition coefficient (Wildman–Crippen LogP) is 14.1. The molecule has 9 rings (SSSR count). The molecule has 0 heterocycles. The van der Waals surface area contributed by atoms with E-state index in [0.29, 0.717) is 16.8 Å². The summed E-state index contributed by atoms with van der Waals surface area (Å²) < 4.78 is 74.9. The Labute approximate surface area is 310 Å². The first kappa shape index (κ1) is 22.8. The standard InChI is InChI=1S/C50H35N/c1-2-10-36(11-3-1)43-16-8-17-44(32-43)39-24-28-48(29-25-39)51(49-30-26-40(27-31-49)46-22-20-37-12-4-6-14-41(37)33-46)50-19-9-18-45(35-50)47-23-21-38-13-5-7-15-42(38)34-47/h1-35H/i9D,18D,19D,24D,25D,28D,29D,35D. The zero-order chi connectivity index (χ0) is 40.9. The topological polar surface area (TPSA) is 3.24 Å². The fourth-order valence-corrected chi connectivity index (χ4v) is 6.52. The lowest BCUT2D eigenvalue weighted by Crippen LogP contribution is -2.10. The molecule has 0 aliphatic heterocycles. The lowest BCUT2D eigenvalue weighted by atomic mass is 9.98. The summed E-state index contributed by atoms with van der Waals surface area (Å²) in [5, 5.41) is 4.02. The second kappa shape index (κ2) is 13.3. The summed E-state index contributed by atoms with van der Waals surface area (Å²) in [6, 6.07) is 49.1. The molecule has 1 heteroatoms. The van der Waals surface area contributed by atoms with Gasteiger partial charge in [-0.15, -0.1) is 0 Å². The number of rotatable bonds is 7. The van der Waals surface area contributed by atoms with Gasteiger partial charge in [0.15, 0.2) is 0 Å². The van der Waals surface area contributed by atoms with Gasteiger partial charge < -0.3 is 4.90 Å². The number of anilines is 3. The van der Waals surface area contributed by atoms with Crippen molar-refractivity contribution in [2.24, 2.45) is 0 Å². The minimum atomic E-state index is -0.445. The predicted molar refractivity (Wildman–Crippen MR) is 218 cm³/mol. The van der Waals surface area contributed by atoms with Crippen molar-refractivity contribution < 1.29 is 11.0 Å². The molecule has 0 spiro atoms. The van der Waals surface area contributed by atoms with E-state index in [2.05, 4.69) is 18.2 Å². The summed E-state index contributed by atoms with van der Waals surface area (Å²) >= 11 is 0. The molecule has 0 saturated carbocycles. The van der Waals surface area contributed by atoms with Crippen LogP contribution in [0, 0.1) is 0 Å². The second-order valence-electron chi connectivity index (χ2n) is 12.4. The van der Waals surface area contributed by atoms with E-state index in [1.165, 1.54) is 4.90 Å². The van der Waals surface area contributed by atoms with E-state index in [4.69, 9.17) is 2.74 Å². The Morgan fingerprint density at radius 3 is 1.47 bits per heavy atom. The highest BCUT2D eigenvalue weighted by atomic mass is 15.1. The summed E-state index contributed by atoms with van der Waals surface area (Å²) in [4.78, 5) is 1.39. The van der Waals surface area contributed by atoms with Crippen LogP contribution in [0.4, 0.5) is 17.1 Å². The molecular formula is C50H35N. The van der Waals surface area contributed by atoms with Crippen LogP contribution >= 0.6 is 0 Å². The van der Waals surface area contributed by atoms with Crippen LogP contribution in [0.3, 0.4) is 0 Å². The van der Waals surface area contributed by atoms with Gasteiger partial charge in [-0.05, 0) is 121 Å². The maximum atomic E-state index is 9.70. The highest BCUT2D eigenvalue weighted by Crippen LogP contribution is 2.39. The molecule has 0 radical (unpaired) electrons. The molecule has 0 aliphatic carbocycles. The number of nitrogens with zero attached hydrogens (tertiary/aromatic N) is 1. The molecule has 0 aliphatic rings. The summed E-state index contributed by atoms with van der Waals surface area (Å²) in [7, 11) is 0. The first-order valence-electron chi connectivity index (χ1n) is 20.9. The molecule has 0 aromatic heterocycles. The van der Waals surface area contributed by atoms with Crippen molar-refractivity contribution in [2.45, 2.75) is 0 Å². The van der Waals surface area contributed by atoms with Gasteiger partial charge in [0.05, 0.1) is 11.0 Å². The molecule has 0 saturated heterocycles. The summed E-state index contributed by atoms with van der Waals surface area (Å²) in [6.45, 7) is 0. The van der Waals surface area contributed by atoms with Gasteiger partial charge in [-0.25, -0.2) is 0 Å². The van der Waals surface area contributed by atoms with Gasteiger partial charge in [-0.3, -0.25) is 0 Å². The van der Waals surface area contributed by atoms with Crippen molar-refractivity contribution in [2.75, 3.05) is 4.90 Å². The second-order valence-corrected chi connectivity index (χ2v) is 12.4. The molecular weight excluding hydrogens is 615 g/mol. The molecule has 0 bridgehead atoms. The lowest BCUT2D eigenvalue weighted by molar-refractivity contribution is 1.28. The molecule has 9 aromatic rings. The number of hydrogen-bond donors (Lipinski definition) is 0. The van der Waals surface area contributed by atoms with Crippen molar-refractivity contribution in [1.82, 2.24) is 0 Å². The highest BCUT2D eigenvalue weighted by molar-refractivity contribution is 5.90. The van der Waals surface area contributed by atoms with E-state index < -0.39 is 12.1 Å². The molecule has 9 aromatic carbocycles. The molecule has 0 fully saturated rings. The summed E-state index contributed by atoms with van der Waals surface area (Å²) in [6.07, 6.45) is 0. The van der Waals surface area contributed by atoms with Crippen molar-refractivity contribution in [1.29, 1.82) is 0 Å². The Morgan fingerprint density at radius 1 is 0.294 bits per heavy atom. The normalized spacial score (nSPS) is 13.3. The van der Waals surface area contributed by atoms with Gasteiger partial charge in [-0.2, -0.15) is 0 Å². The van der Waals surface area contributed by atoms with E-state index in [0.717, 1.165) is 43.8 Å². The van der Waals surface area contributed by atoms with Crippen LogP contribution in [0.5, 0.6) is 0 Å². The first-order chi connectivity index (χ1) is 28.6. The third-order valence-electron chi connectivity index (χ3n) is 9.18. The Morgan fingerprint density at radius 2 is 0.804 bits per heavy atom. The van der Waals surface area contributed by atoms with Crippen LogP contribution in [0.15, 0.2) is 212 Å². The van der Waals surface area contributed by atoms with Gasteiger partial charge in [0.2, 0.25) is 0 Å². The van der Waals surface area contributed by atoms with Crippen LogP contribution in [0.1, 0.15) is 11.0 Å². The average molecular weight is 658 g/mol. The molecule has 0 atom stereocenters. The van der Waals surface area contributed by atoms with E-state index in [1.807, 2.05) is 121 Å². The zero-order valence-electron chi connectivity index (χ0n) is 35.5. The molecule has 0 N–H and O–H groups in total. The van der Waals surface area contributed by atoms with Gasteiger partial charge in [-0.1, -0.05) is 158 Å². The third-order valence-corrected chi connectivity index (χ3v) is 9.18. The van der Waals surface area contributed by atoms with E-state index >= 15 is 0 Å². The minimum absolute atomic E-state index is 0.116. The average Bonchev–Trinajstić information content (AvgIpc) is 3.27. The minimum Gasteiger partial charge on any atom is -0.310 e. The first-order valence-corrected chi connectivity index (χ1v) is 16.9. The SMILES string of the molecule is [2H]c1c([2H])c(-c2ccc3ccccc3c2)c([2H])c(N(c2ccc(-c3ccc4ccccc4c3)cc2)c2c([2H])c([2H])c(-c3cccc(-c4ccccc4)c3)c([2H])c2[2H])c1[2H]. The third kappa shape index (κ3) is 6.18. The highest BCUT2D eigenvalue weighted by Gasteiger charge is 2.15. The Balaban J connectivity index is 1.27. The van der Waals surface area contributed by atoms with Crippen molar-refractivity contribution in [3.8, 4) is 44.5 Å². The smallest absolute Gasteiger partial charge is 0.0651 e. The molecule has 51 heavy (non-hydrogen) atoms. The summed E-state index contributed by atoms with van der Waals surface area (Å²) in [5.74, 6) is 0. The Hall–Kier alpha value is -6.70. The van der Waals surface area contributed by atoms with Gasteiger partial charge in [0.1, 0.15) is 0 Å². The molecule has 0 amide bonds. The Kier molecular flexibility index (Phi) is 5.96.